The van der Waals surface area contributed by atoms with Gasteiger partial charge in [-0.25, -0.2) is 5.01 Å². The Morgan fingerprint density at radius 2 is 2.10 bits per heavy atom. The molecule has 1 rings (SSSR count). The summed E-state index contributed by atoms with van der Waals surface area (Å²) in [5.41, 5.74) is 3.60. The number of hydrogen-bond acceptors (Lipinski definition) is 1. The zero-order valence-electron chi connectivity index (χ0n) is 5.52. The Bertz CT molecular complexity index is 123. The predicted molar refractivity (Wildman–Crippen MR) is 29.2 cm³/mol. The van der Waals surface area contributed by atoms with Gasteiger partial charge in [0.1, 0.15) is 0 Å². The van der Waals surface area contributed by atoms with Crippen LogP contribution in [0.5, 0.6) is 0 Å². The van der Waals surface area contributed by atoms with E-state index in [1.165, 1.54) is 5.01 Å². The highest BCUT2D eigenvalue weighted by atomic mass is 19.4. The van der Waals surface area contributed by atoms with Crippen LogP contribution in [0.1, 0.15) is 0 Å². The first-order valence-electron chi connectivity index (χ1n) is 2.95. The SMILES string of the molecule is CN1CC(C(F)(F)F)C[N]1. The lowest BCUT2D eigenvalue weighted by atomic mass is 10.1. The van der Waals surface area contributed by atoms with Crippen LogP contribution in [-0.2, 0) is 0 Å². The van der Waals surface area contributed by atoms with E-state index in [4.69, 9.17) is 0 Å². The number of rotatable bonds is 0. The van der Waals surface area contributed by atoms with E-state index in [0.29, 0.717) is 0 Å². The molecule has 1 aliphatic rings. The molecule has 0 spiro atoms. The second kappa shape index (κ2) is 2.39. The minimum Gasteiger partial charge on any atom is -0.229 e. The summed E-state index contributed by atoms with van der Waals surface area (Å²) in [6.07, 6.45) is -4.08. The van der Waals surface area contributed by atoms with Crippen LogP contribution >= 0.6 is 0 Å². The number of nitrogens with zero attached hydrogens (tertiary/aromatic N) is 2. The van der Waals surface area contributed by atoms with Crippen LogP contribution in [0.3, 0.4) is 0 Å². The normalized spacial score (nSPS) is 29.4. The van der Waals surface area contributed by atoms with Gasteiger partial charge in [0.2, 0.25) is 0 Å². The van der Waals surface area contributed by atoms with E-state index in [-0.39, 0.29) is 13.1 Å². The molecule has 59 valence electrons. The van der Waals surface area contributed by atoms with Crippen molar-refractivity contribution in [2.24, 2.45) is 5.92 Å². The maximum Gasteiger partial charge on any atom is 0.394 e. The Morgan fingerprint density at radius 1 is 1.50 bits per heavy atom. The topological polar surface area (TPSA) is 17.3 Å². The molecular weight excluding hydrogens is 145 g/mol. The Morgan fingerprint density at radius 3 is 2.30 bits per heavy atom. The van der Waals surface area contributed by atoms with Crippen molar-refractivity contribution in [3.8, 4) is 0 Å². The van der Waals surface area contributed by atoms with Gasteiger partial charge in [-0.15, -0.1) is 0 Å². The highest BCUT2D eigenvalue weighted by molar-refractivity contribution is 4.76. The van der Waals surface area contributed by atoms with Gasteiger partial charge < -0.3 is 0 Å². The smallest absolute Gasteiger partial charge is 0.229 e. The van der Waals surface area contributed by atoms with Crippen molar-refractivity contribution in [3.63, 3.8) is 0 Å². The first kappa shape index (κ1) is 7.81. The lowest BCUT2D eigenvalue weighted by Crippen LogP contribution is -2.27. The van der Waals surface area contributed by atoms with Gasteiger partial charge in [0, 0.05) is 20.1 Å². The van der Waals surface area contributed by atoms with E-state index in [9.17, 15) is 13.2 Å². The molecule has 1 unspecified atom stereocenters. The van der Waals surface area contributed by atoms with Crippen molar-refractivity contribution in [1.82, 2.24) is 10.4 Å². The summed E-state index contributed by atoms with van der Waals surface area (Å²) in [5.74, 6) is -1.25. The fourth-order valence-electron chi connectivity index (χ4n) is 0.879. The molecule has 2 nitrogen and oxygen atoms in total. The predicted octanol–water partition coefficient (Wildman–Crippen LogP) is 0.630. The van der Waals surface area contributed by atoms with Gasteiger partial charge in [0.25, 0.3) is 0 Å². The average molecular weight is 153 g/mol. The molecule has 1 heterocycles. The molecule has 0 aromatic heterocycles. The third-order valence-corrected chi connectivity index (χ3v) is 1.49. The molecule has 1 fully saturated rings. The first-order chi connectivity index (χ1) is 4.50. The van der Waals surface area contributed by atoms with Gasteiger partial charge in [-0.05, 0) is 0 Å². The fourth-order valence-corrected chi connectivity index (χ4v) is 0.879. The van der Waals surface area contributed by atoms with Gasteiger partial charge in [-0.2, -0.15) is 18.6 Å². The third-order valence-electron chi connectivity index (χ3n) is 1.49. The Hall–Kier alpha value is -0.290. The number of hydrogen-bond donors (Lipinski definition) is 0. The minimum absolute atomic E-state index is 0.00347. The molecule has 1 radical (unpaired) electrons. The zero-order valence-corrected chi connectivity index (χ0v) is 5.52. The molecule has 1 saturated heterocycles. The summed E-state index contributed by atoms with van der Waals surface area (Å²) < 4.78 is 35.5. The van der Waals surface area contributed by atoms with Crippen molar-refractivity contribution in [2.75, 3.05) is 20.1 Å². The summed E-state index contributed by atoms with van der Waals surface area (Å²) in [6.45, 7) is -0.108. The number of halogens is 3. The lowest BCUT2D eigenvalue weighted by Gasteiger charge is -2.11. The molecule has 0 bridgehead atoms. The van der Waals surface area contributed by atoms with Crippen molar-refractivity contribution in [3.05, 3.63) is 0 Å². The third kappa shape index (κ3) is 1.60. The van der Waals surface area contributed by atoms with Crippen LogP contribution in [0.15, 0.2) is 0 Å². The summed E-state index contributed by atoms with van der Waals surface area (Å²) in [6, 6.07) is 0. The summed E-state index contributed by atoms with van der Waals surface area (Å²) in [4.78, 5) is 0. The molecule has 1 aliphatic heterocycles. The van der Waals surface area contributed by atoms with E-state index in [0.717, 1.165) is 0 Å². The summed E-state index contributed by atoms with van der Waals surface area (Å²) in [5, 5.41) is 1.33. The van der Waals surface area contributed by atoms with Crippen LogP contribution in [0, 0.1) is 5.92 Å². The highest BCUT2D eigenvalue weighted by Crippen LogP contribution is 2.28. The van der Waals surface area contributed by atoms with Crippen molar-refractivity contribution >= 4 is 0 Å². The van der Waals surface area contributed by atoms with E-state index in [1.807, 2.05) is 0 Å². The molecule has 10 heavy (non-hydrogen) atoms. The van der Waals surface area contributed by atoms with E-state index < -0.39 is 12.1 Å². The molecule has 0 aromatic carbocycles. The second-order valence-electron chi connectivity index (χ2n) is 2.40. The van der Waals surface area contributed by atoms with Gasteiger partial charge in [0.05, 0.1) is 5.92 Å². The maximum atomic E-state index is 11.8. The van der Waals surface area contributed by atoms with E-state index >= 15 is 0 Å². The molecule has 0 N–H and O–H groups in total. The summed E-state index contributed by atoms with van der Waals surface area (Å²) >= 11 is 0. The standard InChI is InChI=1S/C5H8F3N2/c1-10-3-4(2-9-10)5(6,7)8/h4H,2-3H2,1H3. The largest absolute Gasteiger partial charge is 0.394 e. The molecule has 0 amide bonds. The van der Waals surface area contributed by atoms with Gasteiger partial charge in [-0.3, -0.25) is 0 Å². The minimum atomic E-state index is -4.08. The Balaban J connectivity index is 2.45. The van der Waals surface area contributed by atoms with Crippen molar-refractivity contribution in [1.29, 1.82) is 0 Å². The Labute approximate surface area is 57.0 Å². The van der Waals surface area contributed by atoms with Crippen LogP contribution in [0.2, 0.25) is 0 Å². The Kier molecular flexibility index (Phi) is 1.87. The molecule has 0 saturated carbocycles. The highest BCUT2D eigenvalue weighted by Gasteiger charge is 2.43. The van der Waals surface area contributed by atoms with Gasteiger partial charge in [-0.1, -0.05) is 0 Å². The monoisotopic (exact) mass is 153 g/mol. The fraction of sp³-hybridized carbons (Fsp3) is 1.00. The molecule has 5 heteroatoms. The van der Waals surface area contributed by atoms with Gasteiger partial charge in [0.15, 0.2) is 0 Å². The molecule has 0 aliphatic carbocycles. The maximum absolute atomic E-state index is 11.8. The number of alkyl halides is 3. The van der Waals surface area contributed by atoms with E-state index in [2.05, 4.69) is 5.43 Å². The summed E-state index contributed by atoms with van der Waals surface area (Å²) in [7, 11) is 1.55. The average Bonchev–Trinajstić information content (AvgIpc) is 2.11. The quantitative estimate of drug-likeness (QED) is 0.499. The molecular formula is C5H8F3N2. The van der Waals surface area contributed by atoms with Crippen LogP contribution < -0.4 is 5.43 Å². The van der Waals surface area contributed by atoms with Crippen LogP contribution in [0.4, 0.5) is 13.2 Å². The van der Waals surface area contributed by atoms with Crippen molar-refractivity contribution < 1.29 is 13.2 Å². The second-order valence-corrected chi connectivity index (χ2v) is 2.40. The van der Waals surface area contributed by atoms with Gasteiger partial charge >= 0.3 is 6.18 Å². The first-order valence-corrected chi connectivity index (χ1v) is 2.95. The van der Waals surface area contributed by atoms with E-state index in [1.54, 1.807) is 7.05 Å². The zero-order chi connectivity index (χ0) is 7.78. The molecule has 1 atom stereocenters. The van der Waals surface area contributed by atoms with Crippen molar-refractivity contribution in [2.45, 2.75) is 6.18 Å². The van der Waals surface area contributed by atoms with Crippen LogP contribution in [0.25, 0.3) is 0 Å². The lowest BCUT2D eigenvalue weighted by molar-refractivity contribution is -0.167. The van der Waals surface area contributed by atoms with Crippen LogP contribution in [-0.4, -0.2) is 31.3 Å². The molecule has 0 aromatic rings.